The summed E-state index contributed by atoms with van der Waals surface area (Å²) in [5.74, 6) is 0.0306. The standard InChI is InChI=1S/C58H60N4O17S2/c1-10-35-36-22-34(76-54(69)78-56(6,7)8)13-15-43(36)60-47-37(35)26-62-45(47)24-41-39(49(62)64)28-73-51(66)58(41,11-2)79-52(67)71-17-19-81-30-80-18-16-70-29-74-57(9)40-23-44-46-32(25-61(44)48(63)38(40)27-72-50(57)65)20-31-21-33(12-14-42(31)59-46)75-53(68)77-55(3,4)5/h12-15,20-24H,10-11,16-19,25-30H2,1-9H3/t57-,58-/m0/s1. The van der Waals surface area contributed by atoms with Gasteiger partial charge in [0.1, 0.15) is 49.3 Å². The topological polar surface area (TPSA) is 247 Å². The van der Waals surface area contributed by atoms with Gasteiger partial charge in [-0.3, -0.25) is 9.59 Å². The predicted molar refractivity (Wildman–Crippen MR) is 297 cm³/mol. The van der Waals surface area contributed by atoms with Crippen molar-refractivity contribution in [1.29, 1.82) is 0 Å². The lowest BCUT2D eigenvalue weighted by molar-refractivity contribution is -0.194. The van der Waals surface area contributed by atoms with Crippen molar-refractivity contribution in [3.8, 4) is 34.3 Å². The molecule has 0 saturated heterocycles. The van der Waals surface area contributed by atoms with Crippen molar-refractivity contribution in [2.75, 3.05) is 36.6 Å². The van der Waals surface area contributed by atoms with Gasteiger partial charge in [0.25, 0.3) is 11.1 Å². The molecular formula is C58H60N4O17S2. The fourth-order valence-corrected chi connectivity index (χ4v) is 12.1. The highest BCUT2D eigenvalue weighted by atomic mass is 32.2. The molecule has 8 heterocycles. The van der Waals surface area contributed by atoms with Crippen LogP contribution in [0.3, 0.4) is 0 Å². The van der Waals surface area contributed by atoms with Gasteiger partial charge in [-0.2, -0.15) is 0 Å². The zero-order valence-electron chi connectivity index (χ0n) is 46.2. The lowest BCUT2D eigenvalue weighted by atomic mass is 9.85. The van der Waals surface area contributed by atoms with Crippen LogP contribution in [-0.4, -0.2) is 97.3 Å². The number of carbonyl (C=O) groups is 5. The molecule has 10 rings (SSSR count). The highest BCUT2D eigenvalue weighted by molar-refractivity contribution is 8.16. The summed E-state index contributed by atoms with van der Waals surface area (Å²) in [4.78, 5) is 103. The lowest BCUT2D eigenvalue weighted by Crippen LogP contribution is -2.47. The number of cyclic esters (lactones) is 2. The molecule has 2 aromatic carbocycles. The van der Waals surface area contributed by atoms with Gasteiger partial charge in [0, 0.05) is 49.6 Å². The van der Waals surface area contributed by atoms with Crippen molar-refractivity contribution in [2.24, 2.45) is 0 Å². The van der Waals surface area contributed by atoms with E-state index in [0.717, 1.165) is 22.1 Å². The van der Waals surface area contributed by atoms with Gasteiger partial charge in [-0.25, -0.2) is 33.9 Å². The summed E-state index contributed by atoms with van der Waals surface area (Å²) in [5.41, 5.74) is 1.00. The van der Waals surface area contributed by atoms with Gasteiger partial charge < -0.3 is 56.5 Å². The van der Waals surface area contributed by atoms with Gasteiger partial charge in [0.15, 0.2) is 5.60 Å². The molecule has 0 bridgehead atoms. The highest BCUT2D eigenvalue weighted by Gasteiger charge is 2.51. The minimum atomic E-state index is -1.96. The summed E-state index contributed by atoms with van der Waals surface area (Å²) >= 11 is 3.05. The molecule has 4 aromatic heterocycles. The summed E-state index contributed by atoms with van der Waals surface area (Å²) in [6.07, 6.45) is -2.25. The first-order chi connectivity index (χ1) is 38.5. The van der Waals surface area contributed by atoms with Crippen LogP contribution in [-0.2, 0) is 91.4 Å². The third-order valence-corrected chi connectivity index (χ3v) is 16.3. The second-order valence-electron chi connectivity index (χ2n) is 21.7. The van der Waals surface area contributed by atoms with E-state index in [1.165, 1.54) is 11.8 Å². The zero-order valence-corrected chi connectivity index (χ0v) is 47.9. The number of ether oxygens (including phenoxy) is 10. The Morgan fingerprint density at radius 2 is 1.27 bits per heavy atom. The Hall–Kier alpha value is -7.47. The number of hydrogen-bond acceptors (Lipinski definition) is 21. The van der Waals surface area contributed by atoms with Crippen molar-refractivity contribution in [1.82, 2.24) is 19.1 Å². The molecule has 0 spiro atoms. The fraction of sp³-hybridized carbons (Fsp3) is 0.431. The number of hydrogen-bond donors (Lipinski definition) is 0. The molecule has 6 aromatic rings. The number of pyridine rings is 4. The van der Waals surface area contributed by atoms with Crippen LogP contribution in [0.4, 0.5) is 14.4 Å². The van der Waals surface area contributed by atoms with Gasteiger partial charge >= 0.3 is 30.4 Å². The molecule has 0 unspecified atom stereocenters. The predicted octanol–water partition coefficient (Wildman–Crippen LogP) is 9.56. The van der Waals surface area contributed by atoms with Crippen LogP contribution in [0.15, 0.2) is 64.2 Å². The maximum absolute atomic E-state index is 14.2. The average Bonchev–Trinajstić information content (AvgIpc) is 4.21. The number of aromatic nitrogens is 4. The SMILES string of the molecule is CCc1c2c(nc3ccc(OC(=O)OC(C)(C)C)cc13)-c1cc3c(c(=O)n1C2)COC(=O)[C@@]3(CC)OC(=O)OCCSCSCCOCO[C@]1(C)C(=O)OCc2c1cc1n(c2=O)Cc2cc3cc(OC(=O)OC(C)(C)C)ccc3nc2-1. The Bertz CT molecular complexity index is 3710. The van der Waals surface area contributed by atoms with Crippen LogP contribution in [0.25, 0.3) is 44.6 Å². The molecule has 426 valence electrons. The van der Waals surface area contributed by atoms with Gasteiger partial charge in [0.05, 0.1) is 64.6 Å². The molecule has 0 saturated carbocycles. The first-order valence-corrected chi connectivity index (χ1v) is 28.6. The molecule has 23 heteroatoms. The molecule has 4 aliphatic heterocycles. The third-order valence-electron chi connectivity index (χ3n) is 14.0. The molecule has 81 heavy (non-hydrogen) atoms. The number of thioether (sulfide) groups is 2. The quantitative estimate of drug-likeness (QED) is 0.0287. The van der Waals surface area contributed by atoms with Crippen LogP contribution in [0.5, 0.6) is 11.5 Å². The van der Waals surface area contributed by atoms with Crippen molar-refractivity contribution >= 4 is 75.7 Å². The van der Waals surface area contributed by atoms with Crippen molar-refractivity contribution < 1.29 is 71.3 Å². The normalized spacial score (nSPS) is 17.7. The molecule has 0 radical (unpaired) electrons. The Morgan fingerprint density at radius 1 is 0.679 bits per heavy atom. The Balaban J connectivity index is 0.709. The van der Waals surface area contributed by atoms with Crippen LogP contribution in [0.2, 0.25) is 0 Å². The number of esters is 2. The monoisotopic (exact) mass is 1150 g/mol. The van der Waals surface area contributed by atoms with Crippen molar-refractivity contribution in [3.05, 3.63) is 114 Å². The van der Waals surface area contributed by atoms with Crippen molar-refractivity contribution in [3.63, 3.8) is 0 Å². The second kappa shape index (κ2) is 22.1. The molecule has 0 aliphatic carbocycles. The third kappa shape index (κ3) is 11.2. The smallest absolute Gasteiger partial charge is 0.458 e. The van der Waals surface area contributed by atoms with Gasteiger partial charge in [-0.1, -0.05) is 13.8 Å². The highest BCUT2D eigenvalue weighted by Crippen LogP contribution is 2.44. The zero-order chi connectivity index (χ0) is 57.8. The van der Waals surface area contributed by atoms with Crippen LogP contribution < -0.4 is 20.6 Å². The van der Waals surface area contributed by atoms with E-state index in [1.54, 1.807) is 125 Å². The summed E-state index contributed by atoms with van der Waals surface area (Å²) in [6.45, 7) is 15.5. The minimum absolute atomic E-state index is 0.0352. The molecule has 0 N–H and O–H groups in total. The number of rotatable bonds is 16. The van der Waals surface area contributed by atoms with Gasteiger partial charge in [-0.05, 0) is 121 Å². The largest absolute Gasteiger partial charge is 0.514 e. The summed E-state index contributed by atoms with van der Waals surface area (Å²) < 4.78 is 58.8. The summed E-state index contributed by atoms with van der Waals surface area (Å²) in [7, 11) is 0. The minimum Gasteiger partial charge on any atom is -0.458 e. The maximum Gasteiger partial charge on any atom is 0.514 e. The molecule has 2 atom stereocenters. The van der Waals surface area contributed by atoms with Crippen LogP contribution >= 0.6 is 23.5 Å². The van der Waals surface area contributed by atoms with Gasteiger partial charge in [-0.15, -0.1) is 23.5 Å². The number of fused-ring (bicyclic) bond motifs is 10. The number of nitrogens with zero attached hydrogens (tertiary/aromatic N) is 4. The van der Waals surface area contributed by atoms with Gasteiger partial charge in [0.2, 0.25) is 5.60 Å². The molecule has 0 fully saturated rings. The molecule has 4 aliphatic rings. The number of benzene rings is 2. The Kier molecular flexibility index (Phi) is 15.5. The fourth-order valence-electron chi connectivity index (χ4n) is 10.3. The number of carbonyl (C=O) groups excluding carboxylic acids is 5. The lowest BCUT2D eigenvalue weighted by Gasteiger charge is -2.35. The van der Waals surface area contributed by atoms with Crippen LogP contribution in [0, 0.1) is 0 Å². The summed E-state index contributed by atoms with van der Waals surface area (Å²) in [6, 6.07) is 15.4. The molecule has 0 amide bonds. The van der Waals surface area contributed by atoms with E-state index in [4.69, 9.17) is 57.3 Å². The number of aryl methyl sites for hydroxylation is 1. The van der Waals surface area contributed by atoms with E-state index in [9.17, 15) is 33.6 Å². The summed E-state index contributed by atoms with van der Waals surface area (Å²) in [5, 5.41) is 2.05. The van der Waals surface area contributed by atoms with Crippen molar-refractivity contribution in [2.45, 2.75) is 124 Å². The molecular weight excluding hydrogens is 1090 g/mol. The van der Waals surface area contributed by atoms with E-state index in [-0.39, 0.29) is 80.9 Å². The second-order valence-corrected chi connectivity index (χ2v) is 24.3. The maximum atomic E-state index is 14.2. The molecule has 21 nitrogen and oxygen atoms in total. The van der Waals surface area contributed by atoms with E-state index < -0.39 is 58.4 Å². The average molecular weight is 1150 g/mol. The van der Waals surface area contributed by atoms with Crippen LogP contribution in [0.1, 0.15) is 108 Å². The van der Waals surface area contributed by atoms with E-state index in [0.29, 0.717) is 73.3 Å². The van der Waals surface area contributed by atoms with E-state index >= 15 is 0 Å². The van der Waals surface area contributed by atoms with E-state index in [2.05, 4.69) is 0 Å². The first kappa shape index (κ1) is 56.8. The first-order valence-electron chi connectivity index (χ1n) is 26.3. The Labute approximate surface area is 473 Å². The Morgan fingerprint density at radius 3 is 1.94 bits per heavy atom. The van der Waals surface area contributed by atoms with E-state index in [1.807, 2.05) is 13.0 Å².